The van der Waals surface area contributed by atoms with E-state index in [1.54, 1.807) is 12.3 Å². The van der Waals surface area contributed by atoms with Gasteiger partial charge in [0, 0.05) is 0 Å². The van der Waals surface area contributed by atoms with E-state index in [2.05, 4.69) is 25.1 Å². The second kappa shape index (κ2) is 3.41. The predicted molar refractivity (Wildman–Crippen MR) is 60.0 cm³/mol. The molecule has 0 bridgehead atoms. The summed E-state index contributed by atoms with van der Waals surface area (Å²) < 4.78 is 0. The van der Waals surface area contributed by atoms with E-state index >= 15 is 0 Å². The molecule has 0 radical (unpaired) electrons. The van der Waals surface area contributed by atoms with Crippen molar-refractivity contribution in [2.75, 3.05) is 0 Å². The molecular weight excluding hydrogens is 220 g/mol. The van der Waals surface area contributed by atoms with E-state index in [0.717, 1.165) is 16.7 Å². The fraction of sp³-hybridized carbons (Fsp3) is 0. The van der Waals surface area contributed by atoms with E-state index in [1.807, 2.05) is 6.07 Å². The molecule has 0 fully saturated rings. The van der Waals surface area contributed by atoms with Crippen molar-refractivity contribution in [3.8, 4) is 11.4 Å². The van der Waals surface area contributed by atoms with Gasteiger partial charge in [-0.25, -0.2) is 9.97 Å². The van der Waals surface area contributed by atoms with Crippen LogP contribution in [0.4, 0.5) is 0 Å². The molecule has 0 unspecified atom stereocenters. The summed E-state index contributed by atoms with van der Waals surface area (Å²) in [5.74, 6) is -0.566. The molecule has 3 rings (SSSR count). The Labute approximate surface area is 95.1 Å². The Kier molecular flexibility index (Phi) is 1.91. The summed E-state index contributed by atoms with van der Waals surface area (Å²) in [6.45, 7) is 0. The number of amides is 1. The van der Waals surface area contributed by atoms with Crippen molar-refractivity contribution in [3.63, 3.8) is 0 Å². The van der Waals surface area contributed by atoms with Crippen LogP contribution >= 0.6 is 0 Å². The van der Waals surface area contributed by atoms with Crippen LogP contribution in [0.3, 0.4) is 0 Å². The lowest BCUT2D eigenvalue weighted by Gasteiger charge is -1.88. The summed E-state index contributed by atoms with van der Waals surface area (Å²) in [5, 5.41) is 6.54. The number of fused-ring (bicyclic) bond motifs is 1. The van der Waals surface area contributed by atoms with Crippen molar-refractivity contribution in [1.82, 2.24) is 25.1 Å². The number of hydrogen-bond donors (Lipinski definition) is 3. The molecule has 0 aliphatic heterocycles. The van der Waals surface area contributed by atoms with Gasteiger partial charge in [-0.3, -0.25) is 9.89 Å². The summed E-state index contributed by atoms with van der Waals surface area (Å²) in [6, 6.07) is 3.43. The molecule has 3 heterocycles. The summed E-state index contributed by atoms with van der Waals surface area (Å²) in [4.78, 5) is 22.1. The fourth-order valence-corrected chi connectivity index (χ4v) is 1.60. The number of primary amides is 1. The lowest BCUT2D eigenvalue weighted by Crippen LogP contribution is -2.10. The third-order valence-electron chi connectivity index (χ3n) is 2.41. The molecule has 0 spiro atoms. The van der Waals surface area contributed by atoms with Crippen LogP contribution in [-0.4, -0.2) is 31.1 Å². The van der Waals surface area contributed by atoms with Gasteiger partial charge in [-0.05, 0) is 12.1 Å². The zero-order chi connectivity index (χ0) is 11.8. The van der Waals surface area contributed by atoms with Crippen LogP contribution in [-0.2, 0) is 0 Å². The number of aromatic amines is 2. The van der Waals surface area contributed by atoms with E-state index < -0.39 is 5.91 Å². The van der Waals surface area contributed by atoms with Crippen LogP contribution < -0.4 is 5.73 Å². The Morgan fingerprint density at radius 3 is 2.88 bits per heavy atom. The number of nitrogens with two attached hydrogens (primary N) is 1. The second-order valence-electron chi connectivity index (χ2n) is 3.54. The number of carbonyl (C=O) groups is 1. The maximum Gasteiger partial charge on any atom is 0.269 e. The summed E-state index contributed by atoms with van der Waals surface area (Å²) in [6.07, 6.45) is 3.15. The molecule has 3 aromatic rings. The van der Waals surface area contributed by atoms with Crippen LogP contribution in [0.5, 0.6) is 0 Å². The Balaban J connectivity index is 2.10. The highest BCUT2D eigenvalue weighted by Gasteiger charge is 2.10. The maximum absolute atomic E-state index is 10.9. The number of hydrogen-bond acceptors (Lipinski definition) is 4. The largest absolute Gasteiger partial charge is 0.364 e. The molecular formula is C10H8N6O. The highest BCUT2D eigenvalue weighted by Crippen LogP contribution is 2.20. The van der Waals surface area contributed by atoms with Gasteiger partial charge >= 0.3 is 0 Å². The number of rotatable bonds is 2. The van der Waals surface area contributed by atoms with Gasteiger partial charge in [0.2, 0.25) is 0 Å². The minimum atomic E-state index is -0.566. The summed E-state index contributed by atoms with van der Waals surface area (Å²) in [7, 11) is 0. The van der Waals surface area contributed by atoms with E-state index in [9.17, 15) is 4.79 Å². The van der Waals surface area contributed by atoms with Gasteiger partial charge in [-0.2, -0.15) is 5.10 Å². The molecule has 0 atom stereocenters. The van der Waals surface area contributed by atoms with Crippen molar-refractivity contribution in [2.24, 2.45) is 5.73 Å². The van der Waals surface area contributed by atoms with Crippen LogP contribution in [0.25, 0.3) is 22.4 Å². The lowest BCUT2D eigenvalue weighted by molar-refractivity contribution is 0.0995. The SMILES string of the molecule is NC(=O)c1cc(-c2cc3ncncc3[nH]2)[nH]n1. The average Bonchev–Trinajstić information content (AvgIpc) is 2.95. The van der Waals surface area contributed by atoms with Crippen molar-refractivity contribution in [2.45, 2.75) is 0 Å². The van der Waals surface area contributed by atoms with Gasteiger partial charge < -0.3 is 10.7 Å². The molecule has 4 N–H and O–H groups in total. The normalized spacial score (nSPS) is 10.8. The molecule has 17 heavy (non-hydrogen) atoms. The van der Waals surface area contributed by atoms with Crippen molar-refractivity contribution in [1.29, 1.82) is 0 Å². The average molecular weight is 228 g/mol. The van der Waals surface area contributed by atoms with Crippen LogP contribution in [0, 0.1) is 0 Å². The first-order chi connectivity index (χ1) is 8.24. The van der Waals surface area contributed by atoms with Gasteiger partial charge in [0.05, 0.1) is 28.6 Å². The fourth-order valence-electron chi connectivity index (χ4n) is 1.60. The van der Waals surface area contributed by atoms with Crippen molar-refractivity contribution >= 4 is 16.9 Å². The second-order valence-corrected chi connectivity index (χ2v) is 3.54. The number of nitrogens with zero attached hydrogens (tertiary/aromatic N) is 3. The molecule has 7 heteroatoms. The van der Waals surface area contributed by atoms with Crippen LogP contribution in [0.2, 0.25) is 0 Å². The maximum atomic E-state index is 10.9. The minimum absolute atomic E-state index is 0.199. The van der Waals surface area contributed by atoms with Gasteiger partial charge in [0.25, 0.3) is 5.91 Å². The molecule has 84 valence electrons. The Hall–Kier alpha value is -2.70. The third kappa shape index (κ3) is 1.53. The number of aromatic nitrogens is 5. The van der Waals surface area contributed by atoms with Gasteiger partial charge in [-0.1, -0.05) is 0 Å². The molecule has 0 aromatic carbocycles. The molecule has 0 aliphatic carbocycles. The highest BCUT2D eigenvalue weighted by atomic mass is 16.1. The van der Waals surface area contributed by atoms with Crippen LogP contribution in [0.15, 0.2) is 24.7 Å². The monoisotopic (exact) mass is 228 g/mol. The topological polar surface area (TPSA) is 113 Å². The van der Waals surface area contributed by atoms with E-state index in [0.29, 0.717) is 5.69 Å². The quantitative estimate of drug-likeness (QED) is 0.590. The van der Waals surface area contributed by atoms with E-state index in [1.165, 1.54) is 6.33 Å². The molecule has 3 aromatic heterocycles. The summed E-state index contributed by atoms with van der Waals surface area (Å²) in [5.41, 5.74) is 8.39. The first-order valence-corrected chi connectivity index (χ1v) is 4.88. The van der Waals surface area contributed by atoms with Crippen LogP contribution in [0.1, 0.15) is 10.5 Å². The van der Waals surface area contributed by atoms with Gasteiger partial charge in [0.1, 0.15) is 12.0 Å². The predicted octanol–water partition coefficient (Wildman–Crippen LogP) is 0.447. The molecule has 7 nitrogen and oxygen atoms in total. The minimum Gasteiger partial charge on any atom is -0.364 e. The van der Waals surface area contributed by atoms with E-state index in [-0.39, 0.29) is 5.69 Å². The Morgan fingerprint density at radius 1 is 1.29 bits per heavy atom. The molecule has 1 amide bonds. The Bertz CT molecular complexity index is 664. The molecule has 0 saturated heterocycles. The van der Waals surface area contributed by atoms with Crippen molar-refractivity contribution < 1.29 is 4.79 Å². The first kappa shape index (κ1) is 9.52. The lowest BCUT2D eigenvalue weighted by atomic mass is 10.3. The standard InChI is InChI=1S/C10H8N6O/c11-10(17)8-2-7(15-16-8)6-1-5-9(14-6)3-12-4-13-5/h1-4,14H,(H2,11,17)(H,15,16). The Morgan fingerprint density at radius 2 is 2.18 bits per heavy atom. The smallest absolute Gasteiger partial charge is 0.269 e. The number of H-pyrrole nitrogens is 2. The first-order valence-electron chi connectivity index (χ1n) is 4.88. The number of nitrogens with one attached hydrogen (secondary N) is 2. The van der Waals surface area contributed by atoms with Gasteiger partial charge in [-0.15, -0.1) is 0 Å². The molecule has 0 saturated carbocycles. The zero-order valence-electron chi connectivity index (χ0n) is 8.64. The van der Waals surface area contributed by atoms with Gasteiger partial charge in [0.15, 0.2) is 0 Å². The van der Waals surface area contributed by atoms with Crippen molar-refractivity contribution in [3.05, 3.63) is 30.4 Å². The zero-order valence-corrected chi connectivity index (χ0v) is 8.64. The molecule has 0 aliphatic rings. The highest BCUT2D eigenvalue weighted by molar-refractivity contribution is 5.92. The summed E-state index contributed by atoms with van der Waals surface area (Å²) >= 11 is 0. The van der Waals surface area contributed by atoms with E-state index in [4.69, 9.17) is 5.73 Å². The number of carbonyl (C=O) groups excluding carboxylic acids is 1. The third-order valence-corrected chi connectivity index (χ3v) is 2.41.